The zero-order chi connectivity index (χ0) is 17.1. The number of carbonyl (C=O) groups excluding carboxylic acids is 1. The Morgan fingerprint density at radius 1 is 1.24 bits per heavy atom. The van der Waals surface area contributed by atoms with Crippen LogP contribution in [0.4, 0.5) is 0 Å². The summed E-state index contributed by atoms with van der Waals surface area (Å²) in [4.78, 5) is 20.9. The van der Waals surface area contributed by atoms with Gasteiger partial charge in [0, 0.05) is 36.2 Å². The molecule has 3 heterocycles. The predicted octanol–water partition coefficient (Wildman–Crippen LogP) is 4.22. The molecule has 0 aliphatic carbocycles. The van der Waals surface area contributed by atoms with E-state index in [-0.39, 0.29) is 11.9 Å². The molecule has 130 valence electrons. The number of carbonyl (C=O) groups is 1. The Labute approximate surface area is 155 Å². The summed E-state index contributed by atoms with van der Waals surface area (Å²) in [5.41, 5.74) is 3.54. The average Bonchev–Trinajstić information content (AvgIpc) is 3.33. The first-order valence-corrected chi connectivity index (χ1v) is 10.3. The summed E-state index contributed by atoms with van der Waals surface area (Å²) in [7, 11) is 0. The number of hydrogen-bond donors (Lipinski definition) is 0. The molecule has 0 unspecified atom stereocenters. The van der Waals surface area contributed by atoms with Gasteiger partial charge < -0.3 is 9.64 Å². The molecule has 0 atom stereocenters. The van der Waals surface area contributed by atoms with Gasteiger partial charge in [-0.15, -0.1) is 22.7 Å². The van der Waals surface area contributed by atoms with E-state index in [1.165, 1.54) is 4.88 Å². The third kappa shape index (κ3) is 3.76. The number of thiazole rings is 1. The lowest BCUT2D eigenvalue weighted by molar-refractivity contribution is 0.0294. The first-order valence-electron chi connectivity index (χ1n) is 8.55. The van der Waals surface area contributed by atoms with Gasteiger partial charge in [-0.2, -0.15) is 0 Å². The number of amides is 1. The molecule has 1 saturated heterocycles. The number of nitrogens with zero attached hydrogens (tertiary/aromatic N) is 2. The minimum Gasteiger partial charge on any atom is -0.381 e. The Morgan fingerprint density at radius 2 is 2.12 bits per heavy atom. The van der Waals surface area contributed by atoms with E-state index in [2.05, 4.69) is 27.4 Å². The van der Waals surface area contributed by atoms with Crippen molar-refractivity contribution in [2.75, 3.05) is 19.8 Å². The van der Waals surface area contributed by atoms with Crippen LogP contribution in [0.25, 0.3) is 10.2 Å². The molecular formula is C19H20N2O2S2. The Hall–Kier alpha value is -1.76. The molecule has 0 bridgehead atoms. The van der Waals surface area contributed by atoms with E-state index in [4.69, 9.17) is 4.74 Å². The molecule has 1 amide bonds. The van der Waals surface area contributed by atoms with E-state index in [0.717, 1.165) is 54.8 Å². The van der Waals surface area contributed by atoms with Crippen LogP contribution in [-0.4, -0.2) is 41.6 Å². The molecule has 25 heavy (non-hydrogen) atoms. The van der Waals surface area contributed by atoms with Gasteiger partial charge >= 0.3 is 0 Å². The summed E-state index contributed by atoms with van der Waals surface area (Å²) in [5.74, 6) is 0.124. The molecule has 6 heteroatoms. The SMILES string of the molecule is O=C(c1ccc2ncsc2c1)N(CCc1cccs1)C1CCOCC1. The monoisotopic (exact) mass is 372 g/mol. The fourth-order valence-corrected chi connectivity index (χ4v) is 4.70. The summed E-state index contributed by atoms with van der Waals surface area (Å²) in [5, 5.41) is 2.09. The third-order valence-electron chi connectivity index (χ3n) is 4.65. The highest BCUT2D eigenvalue weighted by Gasteiger charge is 2.26. The van der Waals surface area contributed by atoms with Crippen LogP contribution in [0.15, 0.2) is 41.2 Å². The maximum Gasteiger partial charge on any atom is 0.254 e. The van der Waals surface area contributed by atoms with Gasteiger partial charge in [-0.3, -0.25) is 4.79 Å². The Balaban J connectivity index is 1.57. The number of ether oxygens (including phenoxy) is 1. The van der Waals surface area contributed by atoms with E-state index in [9.17, 15) is 4.79 Å². The zero-order valence-corrected chi connectivity index (χ0v) is 15.5. The summed E-state index contributed by atoms with van der Waals surface area (Å²) in [6, 6.07) is 10.3. The highest BCUT2D eigenvalue weighted by Crippen LogP contribution is 2.23. The van der Waals surface area contributed by atoms with Gasteiger partial charge in [0.25, 0.3) is 5.91 Å². The van der Waals surface area contributed by atoms with Crippen LogP contribution in [0, 0.1) is 0 Å². The summed E-state index contributed by atoms with van der Waals surface area (Å²) in [6.45, 7) is 2.23. The lowest BCUT2D eigenvalue weighted by Crippen LogP contribution is -2.44. The summed E-state index contributed by atoms with van der Waals surface area (Å²) >= 11 is 3.33. The van der Waals surface area contributed by atoms with Gasteiger partial charge in [0.15, 0.2) is 0 Å². The van der Waals surface area contributed by atoms with Crippen molar-refractivity contribution >= 4 is 38.8 Å². The molecule has 0 radical (unpaired) electrons. The topological polar surface area (TPSA) is 42.4 Å². The normalized spacial score (nSPS) is 15.5. The molecule has 1 fully saturated rings. The minimum atomic E-state index is 0.124. The van der Waals surface area contributed by atoms with Gasteiger partial charge in [0.1, 0.15) is 0 Å². The Morgan fingerprint density at radius 3 is 2.92 bits per heavy atom. The first-order chi connectivity index (χ1) is 12.3. The molecule has 0 N–H and O–H groups in total. The van der Waals surface area contributed by atoms with Crippen LogP contribution in [0.3, 0.4) is 0 Å². The smallest absolute Gasteiger partial charge is 0.254 e. The Kier molecular flexibility index (Phi) is 5.10. The third-order valence-corrected chi connectivity index (χ3v) is 6.38. The molecule has 1 aliphatic heterocycles. The van der Waals surface area contributed by atoms with E-state index in [1.807, 2.05) is 23.7 Å². The van der Waals surface area contributed by atoms with E-state index in [1.54, 1.807) is 22.7 Å². The maximum atomic E-state index is 13.2. The van der Waals surface area contributed by atoms with Gasteiger partial charge in [0.2, 0.25) is 0 Å². The predicted molar refractivity (Wildman–Crippen MR) is 103 cm³/mol. The van der Waals surface area contributed by atoms with Crippen molar-refractivity contribution in [3.8, 4) is 0 Å². The molecule has 1 aliphatic rings. The Bertz CT molecular complexity index is 838. The average molecular weight is 373 g/mol. The van der Waals surface area contributed by atoms with E-state index in [0.29, 0.717) is 0 Å². The second-order valence-electron chi connectivity index (χ2n) is 6.21. The van der Waals surface area contributed by atoms with Gasteiger partial charge in [-0.25, -0.2) is 4.98 Å². The molecule has 1 aromatic carbocycles. The maximum absolute atomic E-state index is 13.2. The first kappa shape index (κ1) is 16.7. The number of aromatic nitrogens is 1. The molecule has 0 spiro atoms. The number of hydrogen-bond acceptors (Lipinski definition) is 5. The molecule has 3 aromatic rings. The van der Waals surface area contributed by atoms with Crippen LogP contribution in [-0.2, 0) is 11.2 Å². The highest BCUT2D eigenvalue weighted by atomic mass is 32.1. The van der Waals surface area contributed by atoms with Crippen molar-refractivity contribution in [3.63, 3.8) is 0 Å². The van der Waals surface area contributed by atoms with Crippen molar-refractivity contribution in [2.24, 2.45) is 0 Å². The van der Waals surface area contributed by atoms with Crippen molar-refractivity contribution < 1.29 is 9.53 Å². The van der Waals surface area contributed by atoms with Crippen LogP contribution < -0.4 is 0 Å². The van der Waals surface area contributed by atoms with Crippen molar-refractivity contribution in [1.82, 2.24) is 9.88 Å². The summed E-state index contributed by atoms with van der Waals surface area (Å²) < 4.78 is 6.56. The summed E-state index contributed by atoms with van der Waals surface area (Å²) in [6.07, 6.45) is 2.74. The number of rotatable bonds is 5. The van der Waals surface area contributed by atoms with Crippen molar-refractivity contribution in [3.05, 3.63) is 51.7 Å². The fraction of sp³-hybridized carbons (Fsp3) is 0.368. The van der Waals surface area contributed by atoms with E-state index >= 15 is 0 Å². The lowest BCUT2D eigenvalue weighted by atomic mass is 10.0. The van der Waals surface area contributed by atoms with Gasteiger partial charge in [0.05, 0.1) is 15.7 Å². The largest absolute Gasteiger partial charge is 0.381 e. The quantitative estimate of drug-likeness (QED) is 0.673. The molecule has 4 nitrogen and oxygen atoms in total. The van der Waals surface area contributed by atoms with Crippen LogP contribution in [0.5, 0.6) is 0 Å². The van der Waals surface area contributed by atoms with Crippen molar-refractivity contribution in [2.45, 2.75) is 25.3 Å². The number of fused-ring (bicyclic) bond motifs is 1. The molecule has 4 rings (SSSR count). The fourth-order valence-electron chi connectivity index (χ4n) is 3.29. The van der Waals surface area contributed by atoms with Crippen molar-refractivity contribution in [1.29, 1.82) is 0 Å². The second kappa shape index (κ2) is 7.64. The number of thiophene rings is 1. The van der Waals surface area contributed by atoms with Crippen LogP contribution in [0.1, 0.15) is 28.1 Å². The molecule has 0 saturated carbocycles. The standard InChI is InChI=1S/C19H20N2O2S2/c22-19(14-3-4-17-18(12-14)25-13-20-17)21(15-6-9-23-10-7-15)8-5-16-2-1-11-24-16/h1-4,11-13,15H,5-10H2. The van der Waals surface area contributed by atoms with Gasteiger partial charge in [-0.1, -0.05) is 6.07 Å². The van der Waals surface area contributed by atoms with Gasteiger partial charge in [-0.05, 0) is 48.9 Å². The zero-order valence-electron chi connectivity index (χ0n) is 13.9. The second-order valence-corrected chi connectivity index (χ2v) is 8.12. The highest BCUT2D eigenvalue weighted by molar-refractivity contribution is 7.16. The van der Waals surface area contributed by atoms with Crippen LogP contribution >= 0.6 is 22.7 Å². The number of benzene rings is 1. The minimum absolute atomic E-state index is 0.124. The van der Waals surface area contributed by atoms with Crippen LogP contribution in [0.2, 0.25) is 0 Å². The van der Waals surface area contributed by atoms with E-state index < -0.39 is 0 Å². The lowest BCUT2D eigenvalue weighted by Gasteiger charge is -2.34. The molecular weight excluding hydrogens is 352 g/mol. The molecule has 2 aromatic heterocycles.